The fourth-order valence-electron chi connectivity index (χ4n) is 1.45. The van der Waals surface area contributed by atoms with Crippen molar-refractivity contribution in [2.24, 2.45) is 7.05 Å². The van der Waals surface area contributed by atoms with E-state index in [0.717, 1.165) is 0 Å². The largest absolute Gasteiger partial charge is 0.446 e. The number of furan rings is 1. The van der Waals surface area contributed by atoms with Gasteiger partial charge < -0.3 is 9.73 Å². The molecule has 2 rings (SSSR count). The van der Waals surface area contributed by atoms with Crippen molar-refractivity contribution in [3.8, 4) is 0 Å². The van der Waals surface area contributed by atoms with E-state index in [2.05, 4.69) is 15.1 Å². The van der Waals surface area contributed by atoms with E-state index in [0.29, 0.717) is 18.0 Å². The SMILES string of the molecule is CNCc1ccc(S(=O)(=O)Nc2cnn(C)c2)o1. The molecular weight excluding hydrogens is 256 g/mol. The van der Waals surface area contributed by atoms with Crippen molar-refractivity contribution < 1.29 is 12.8 Å². The lowest BCUT2D eigenvalue weighted by Crippen LogP contribution is -2.11. The molecule has 0 saturated heterocycles. The first kappa shape index (κ1) is 12.7. The molecule has 0 radical (unpaired) electrons. The van der Waals surface area contributed by atoms with Crippen molar-refractivity contribution in [1.82, 2.24) is 15.1 Å². The van der Waals surface area contributed by atoms with Crippen LogP contribution in [0.25, 0.3) is 0 Å². The molecule has 0 spiro atoms. The van der Waals surface area contributed by atoms with Gasteiger partial charge in [-0.3, -0.25) is 9.40 Å². The smallest absolute Gasteiger partial charge is 0.295 e. The molecule has 0 aromatic carbocycles. The van der Waals surface area contributed by atoms with E-state index in [-0.39, 0.29) is 5.09 Å². The summed E-state index contributed by atoms with van der Waals surface area (Å²) in [5.41, 5.74) is 0.393. The highest BCUT2D eigenvalue weighted by molar-refractivity contribution is 7.92. The summed E-state index contributed by atoms with van der Waals surface area (Å²) >= 11 is 0. The van der Waals surface area contributed by atoms with Crippen molar-refractivity contribution in [2.45, 2.75) is 11.6 Å². The Balaban J connectivity index is 2.19. The third-order valence-corrected chi connectivity index (χ3v) is 3.46. The summed E-state index contributed by atoms with van der Waals surface area (Å²) < 4.78 is 33.1. The average Bonchev–Trinajstić information content (AvgIpc) is 2.88. The number of nitrogens with zero attached hydrogens (tertiary/aromatic N) is 2. The Morgan fingerprint density at radius 2 is 2.22 bits per heavy atom. The van der Waals surface area contributed by atoms with E-state index in [1.54, 1.807) is 26.4 Å². The van der Waals surface area contributed by atoms with Gasteiger partial charge in [0.2, 0.25) is 5.09 Å². The predicted octanol–water partition coefficient (Wildman–Crippen LogP) is 0.533. The van der Waals surface area contributed by atoms with Crippen LogP contribution >= 0.6 is 0 Å². The second kappa shape index (κ2) is 4.83. The highest BCUT2D eigenvalue weighted by atomic mass is 32.2. The molecule has 0 aliphatic heterocycles. The fraction of sp³-hybridized carbons (Fsp3) is 0.300. The monoisotopic (exact) mass is 270 g/mol. The van der Waals surface area contributed by atoms with Crippen LogP contribution in [0, 0.1) is 0 Å². The van der Waals surface area contributed by atoms with Gasteiger partial charge >= 0.3 is 0 Å². The fourth-order valence-corrected chi connectivity index (χ4v) is 2.43. The number of hydrogen-bond acceptors (Lipinski definition) is 5. The lowest BCUT2D eigenvalue weighted by atomic mass is 10.4. The first-order valence-corrected chi connectivity index (χ1v) is 6.74. The highest BCUT2D eigenvalue weighted by Crippen LogP contribution is 2.17. The molecule has 0 bridgehead atoms. The van der Waals surface area contributed by atoms with Gasteiger partial charge in [-0.15, -0.1) is 0 Å². The standard InChI is InChI=1S/C10H14N4O3S/c1-11-6-9-3-4-10(17-9)18(15,16)13-8-5-12-14(2)7-8/h3-5,7,11,13H,6H2,1-2H3. The van der Waals surface area contributed by atoms with Crippen LogP contribution in [0.5, 0.6) is 0 Å². The summed E-state index contributed by atoms with van der Waals surface area (Å²) in [6, 6.07) is 3.04. The maximum absolute atomic E-state index is 12.0. The van der Waals surface area contributed by atoms with E-state index in [4.69, 9.17) is 4.42 Å². The van der Waals surface area contributed by atoms with Gasteiger partial charge in [-0.25, -0.2) is 0 Å². The van der Waals surface area contributed by atoms with Crippen molar-refractivity contribution in [3.63, 3.8) is 0 Å². The zero-order valence-electron chi connectivity index (χ0n) is 10.0. The second-order valence-electron chi connectivity index (χ2n) is 3.76. The average molecular weight is 270 g/mol. The van der Waals surface area contributed by atoms with Crippen LogP contribution < -0.4 is 10.0 Å². The third-order valence-electron chi connectivity index (χ3n) is 2.21. The van der Waals surface area contributed by atoms with Crippen LogP contribution in [0.4, 0.5) is 5.69 Å². The molecule has 0 aliphatic carbocycles. The topological polar surface area (TPSA) is 89.2 Å². The number of nitrogens with one attached hydrogen (secondary N) is 2. The van der Waals surface area contributed by atoms with Gasteiger partial charge in [0.1, 0.15) is 5.76 Å². The molecule has 18 heavy (non-hydrogen) atoms. The van der Waals surface area contributed by atoms with E-state index >= 15 is 0 Å². The maximum atomic E-state index is 12.0. The Morgan fingerprint density at radius 1 is 1.44 bits per heavy atom. The first-order chi connectivity index (χ1) is 8.51. The number of anilines is 1. The molecule has 0 saturated carbocycles. The minimum absolute atomic E-state index is 0.114. The molecule has 2 aromatic rings. The molecule has 2 N–H and O–H groups in total. The van der Waals surface area contributed by atoms with Gasteiger partial charge in [0, 0.05) is 13.2 Å². The summed E-state index contributed by atoms with van der Waals surface area (Å²) in [4.78, 5) is 0. The van der Waals surface area contributed by atoms with Crippen molar-refractivity contribution in [1.29, 1.82) is 0 Å². The molecular formula is C10H14N4O3S. The molecule has 8 heteroatoms. The van der Waals surface area contributed by atoms with Gasteiger partial charge in [0.25, 0.3) is 10.0 Å². The first-order valence-electron chi connectivity index (χ1n) is 5.26. The van der Waals surface area contributed by atoms with Crippen LogP contribution in [0.2, 0.25) is 0 Å². The van der Waals surface area contributed by atoms with Crippen molar-refractivity contribution in [2.75, 3.05) is 11.8 Å². The van der Waals surface area contributed by atoms with E-state index in [1.807, 2.05) is 0 Å². The molecule has 0 atom stereocenters. The molecule has 2 heterocycles. The lowest BCUT2D eigenvalue weighted by Gasteiger charge is -2.02. The number of sulfonamides is 1. The second-order valence-corrected chi connectivity index (χ2v) is 5.37. The molecule has 2 aromatic heterocycles. The minimum atomic E-state index is -3.70. The molecule has 98 valence electrons. The summed E-state index contributed by atoms with van der Waals surface area (Å²) in [6.45, 7) is 0.475. The Kier molecular flexibility index (Phi) is 3.39. The highest BCUT2D eigenvalue weighted by Gasteiger charge is 2.19. The molecule has 0 unspecified atom stereocenters. The zero-order valence-corrected chi connectivity index (χ0v) is 10.9. The van der Waals surface area contributed by atoms with Crippen LogP contribution in [0.15, 0.2) is 34.0 Å². The Bertz CT molecular complexity index is 629. The van der Waals surface area contributed by atoms with Gasteiger partial charge in [0.05, 0.1) is 18.4 Å². The molecule has 7 nitrogen and oxygen atoms in total. The van der Waals surface area contributed by atoms with Gasteiger partial charge in [0.15, 0.2) is 0 Å². The number of aromatic nitrogens is 2. The number of rotatable bonds is 5. The lowest BCUT2D eigenvalue weighted by molar-refractivity contribution is 0.408. The van der Waals surface area contributed by atoms with Gasteiger partial charge in [-0.05, 0) is 19.2 Å². The van der Waals surface area contributed by atoms with Crippen LogP contribution in [-0.2, 0) is 23.6 Å². The van der Waals surface area contributed by atoms with Gasteiger partial charge in [-0.2, -0.15) is 13.5 Å². The van der Waals surface area contributed by atoms with E-state index in [9.17, 15) is 8.42 Å². The summed E-state index contributed by atoms with van der Waals surface area (Å²) in [5, 5.41) is 6.64. The van der Waals surface area contributed by atoms with Crippen LogP contribution in [0.3, 0.4) is 0 Å². The van der Waals surface area contributed by atoms with Gasteiger partial charge in [-0.1, -0.05) is 0 Å². The summed E-state index contributed by atoms with van der Waals surface area (Å²) in [7, 11) is -0.237. The third kappa shape index (κ3) is 2.71. The van der Waals surface area contributed by atoms with Crippen molar-refractivity contribution >= 4 is 15.7 Å². The molecule has 0 aliphatic rings. The summed E-state index contributed by atoms with van der Waals surface area (Å²) in [5.74, 6) is 0.559. The Hall–Kier alpha value is -1.80. The van der Waals surface area contributed by atoms with Crippen LogP contribution in [-0.4, -0.2) is 25.2 Å². The van der Waals surface area contributed by atoms with Crippen molar-refractivity contribution in [3.05, 3.63) is 30.3 Å². The quantitative estimate of drug-likeness (QED) is 0.827. The maximum Gasteiger partial charge on any atom is 0.295 e. The molecule has 0 fully saturated rings. The number of aryl methyl sites for hydroxylation is 1. The predicted molar refractivity (Wildman–Crippen MR) is 65.5 cm³/mol. The van der Waals surface area contributed by atoms with E-state index < -0.39 is 10.0 Å². The Morgan fingerprint density at radius 3 is 2.83 bits per heavy atom. The molecule has 0 amide bonds. The summed E-state index contributed by atoms with van der Waals surface area (Å²) in [6.07, 6.45) is 2.99. The zero-order chi connectivity index (χ0) is 13.2. The normalized spacial score (nSPS) is 11.7. The van der Waals surface area contributed by atoms with Crippen LogP contribution in [0.1, 0.15) is 5.76 Å². The Labute approximate surface area is 105 Å². The van der Waals surface area contributed by atoms with E-state index in [1.165, 1.54) is 16.9 Å². The minimum Gasteiger partial charge on any atom is -0.446 e. The number of hydrogen-bond donors (Lipinski definition) is 2.